The molecule has 3 heterocycles. The van der Waals surface area contributed by atoms with E-state index in [2.05, 4.69) is 20.3 Å². The quantitative estimate of drug-likeness (QED) is 0.549. The van der Waals surface area contributed by atoms with Crippen LogP contribution in [0, 0.1) is 0 Å². The molecule has 7 heteroatoms. The summed E-state index contributed by atoms with van der Waals surface area (Å²) in [6.45, 7) is 0. The van der Waals surface area contributed by atoms with Crippen molar-refractivity contribution in [2.45, 2.75) is 12.5 Å². The number of hydrogen-bond donors (Lipinski definition) is 1. The number of benzene rings is 1. The molecule has 0 radical (unpaired) electrons. The Hall–Kier alpha value is -3.32. The molecule has 1 atom stereocenters. The molecule has 1 amide bonds. The van der Waals surface area contributed by atoms with Gasteiger partial charge < -0.3 is 9.88 Å². The molecule has 140 valence electrons. The second-order valence-electron chi connectivity index (χ2n) is 6.34. The Balaban J connectivity index is 1.51. The second-order valence-corrected chi connectivity index (χ2v) is 7.20. The van der Waals surface area contributed by atoms with E-state index in [1.165, 1.54) is 11.3 Å². The van der Waals surface area contributed by atoms with Crippen LogP contribution in [0.4, 0.5) is 0 Å². The number of aromatic nitrogens is 4. The van der Waals surface area contributed by atoms with E-state index in [4.69, 9.17) is 0 Å². The van der Waals surface area contributed by atoms with Crippen molar-refractivity contribution >= 4 is 17.2 Å². The van der Waals surface area contributed by atoms with Gasteiger partial charge in [0.05, 0.1) is 17.8 Å². The highest BCUT2D eigenvalue weighted by Gasteiger charge is 2.21. The fourth-order valence-corrected chi connectivity index (χ4v) is 3.76. The molecule has 0 saturated heterocycles. The summed E-state index contributed by atoms with van der Waals surface area (Å²) in [5.41, 5.74) is 2.53. The van der Waals surface area contributed by atoms with Crippen LogP contribution in [-0.4, -0.2) is 25.4 Å². The lowest BCUT2D eigenvalue weighted by Gasteiger charge is -2.19. The number of amides is 1. The molecule has 0 aliphatic heterocycles. The molecule has 0 bridgehead atoms. The van der Waals surface area contributed by atoms with Crippen LogP contribution in [0.1, 0.15) is 23.1 Å². The third-order valence-electron chi connectivity index (χ3n) is 4.33. The van der Waals surface area contributed by atoms with Gasteiger partial charge in [0, 0.05) is 31.0 Å². The standard InChI is InChI=1S/C21H19N5OS/c1-26-12-11-23-20(26)19(15-7-3-2-4-8-15)25-18(27)13-16-14-28-21(24-16)17-9-5-6-10-22-17/h2-12,14,19H,13H2,1H3,(H,25,27)/t19-/m0/s1. The lowest BCUT2D eigenvalue weighted by atomic mass is 10.1. The molecule has 1 aromatic carbocycles. The van der Waals surface area contributed by atoms with Crippen LogP contribution in [0.25, 0.3) is 10.7 Å². The van der Waals surface area contributed by atoms with Gasteiger partial charge in [-0.2, -0.15) is 0 Å². The average Bonchev–Trinajstić information content (AvgIpc) is 3.36. The van der Waals surface area contributed by atoms with Crippen molar-refractivity contribution in [3.8, 4) is 10.7 Å². The Morgan fingerprint density at radius 2 is 1.93 bits per heavy atom. The summed E-state index contributed by atoms with van der Waals surface area (Å²) < 4.78 is 1.92. The summed E-state index contributed by atoms with van der Waals surface area (Å²) >= 11 is 1.49. The highest BCUT2D eigenvalue weighted by Crippen LogP contribution is 2.23. The van der Waals surface area contributed by atoms with Crippen LogP contribution in [-0.2, 0) is 18.3 Å². The molecule has 4 rings (SSSR count). The van der Waals surface area contributed by atoms with Crippen LogP contribution in [0.15, 0.2) is 72.5 Å². The summed E-state index contributed by atoms with van der Waals surface area (Å²) in [5.74, 6) is 0.682. The molecular formula is C21H19N5OS. The van der Waals surface area contributed by atoms with Gasteiger partial charge in [-0.15, -0.1) is 11.3 Å². The maximum absolute atomic E-state index is 12.7. The highest BCUT2D eigenvalue weighted by molar-refractivity contribution is 7.13. The molecule has 28 heavy (non-hydrogen) atoms. The van der Waals surface area contributed by atoms with Gasteiger partial charge in [0.15, 0.2) is 0 Å². The Labute approximate surface area is 166 Å². The molecule has 4 aromatic rings. The number of nitrogens with one attached hydrogen (secondary N) is 1. The average molecular weight is 389 g/mol. The minimum absolute atomic E-state index is 0.102. The maximum atomic E-state index is 12.7. The lowest BCUT2D eigenvalue weighted by molar-refractivity contribution is -0.121. The highest BCUT2D eigenvalue weighted by atomic mass is 32.1. The molecule has 0 saturated carbocycles. The van der Waals surface area contributed by atoms with Gasteiger partial charge in [0.25, 0.3) is 0 Å². The third kappa shape index (κ3) is 3.99. The zero-order valence-corrected chi connectivity index (χ0v) is 16.1. The summed E-state index contributed by atoms with van der Waals surface area (Å²) in [4.78, 5) is 26.0. The van der Waals surface area contributed by atoms with Crippen molar-refractivity contribution < 1.29 is 4.79 Å². The zero-order valence-electron chi connectivity index (χ0n) is 15.3. The summed E-state index contributed by atoms with van der Waals surface area (Å²) in [6.07, 6.45) is 5.55. The number of thiazole rings is 1. The van der Waals surface area contributed by atoms with Crippen molar-refractivity contribution in [2.24, 2.45) is 7.05 Å². The number of hydrogen-bond acceptors (Lipinski definition) is 5. The number of nitrogens with zero attached hydrogens (tertiary/aromatic N) is 4. The maximum Gasteiger partial charge on any atom is 0.226 e. The molecule has 0 aliphatic rings. The van der Waals surface area contributed by atoms with Gasteiger partial charge in [0.2, 0.25) is 5.91 Å². The minimum atomic E-state index is -0.317. The van der Waals surface area contributed by atoms with Crippen LogP contribution in [0.5, 0.6) is 0 Å². The van der Waals surface area contributed by atoms with Gasteiger partial charge in [-0.25, -0.2) is 9.97 Å². The lowest BCUT2D eigenvalue weighted by Crippen LogP contribution is -2.32. The summed E-state index contributed by atoms with van der Waals surface area (Å²) in [7, 11) is 1.92. The van der Waals surface area contributed by atoms with E-state index in [1.807, 2.05) is 71.7 Å². The Morgan fingerprint density at radius 3 is 2.64 bits per heavy atom. The van der Waals surface area contributed by atoms with Crippen molar-refractivity contribution in [1.29, 1.82) is 0 Å². The first-order valence-electron chi connectivity index (χ1n) is 8.88. The van der Waals surface area contributed by atoms with Gasteiger partial charge in [-0.3, -0.25) is 9.78 Å². The SMILES string of the molecule is Cn1ccnc1[C@@H](NC(=O)Cc1csc(-c2ccccn2)n1)c1ccccc1. The number of aryl methyl sites for hydroxylation is 1. The predicted molar refractivity (Wildman–Crippen MR) is 109 cm³/mol. The van der Waals surface area contributed by atoms with Crippen molar-refractivity contribution in [2.75, 3.05) is 0 Å². The van der Waals surface area contributed by atoms with Gasteiger partial charge in [-0.05, 0) is 17.7 Å². The Morgan fingerprint density at radius 1 is 1.11 bits per heavy atom. The molecule has 6 nitrogen and oxygen atoms in total. The van der Waals surface area contributed by atoms with Crippen LogP contribution in [0.3, 0.4) is 0 Å². The van der Waals surface area contributed by atoms with Gasteiger partial charge >= 0.3 is 0 Å². The second kappa shape index (κ2) is 8.14. The van der Waals surface area contributed by atoms with E-state index in [0.717, 1.165) is 27.8 Å². The number of carbonyl (C=O) groups is 1. The fourth-order valence-electron chi connectivity index (χ4n) is 2.97. The number of rotatable bonds is 6. The molecule has 0 fully saturated rings. The first kappa shape index (κ1) is 18.1. The van der Waals surface area contributed by atoms with E-state index in [9.17, 15) is 4.79 Å². The Kier molecular flexibility index (Phi) is 5.25. The van der Waals surface area contributed by atoms with Crippen LogP contribution >= 0.6 is 11.3 Å². The first-order valence-corrected chi connectivity index (χ1v) is 9.76. The molecule has 3 aromatic heterocycles. The third-order valence-corrected chi connectivity index (χ3v) is 5.25. The predicted octanol–water partition coefficient (Wildman–Crippen LogP) is 3.39. The zero-order chi connectivity index (χ0) is 19.3. The van der Waals surface area contributed by atoms with Crippen molar-refractivity contribution in [1.82, 2.24) is 24.8 Å². The number of imidazole rings is 1. The van der Waals surface area contributed by atoms with Crippen LogP contribution in [0.2, 0.25) is 0 Å². The van der Waals surface area contributed by atoms with Gasteiger partial charge in [-0.1, -0.05) is 36.4 Å². The van der Waals surface area contributed by atoms with Crippen molar-refractivity contribution in [3.63, 3.8) is 0 Å². The smallest absolute Gasteiger partial charge is 0.226 e. The Bertz CT molecular complexity index is 1060. The normalized spacial score (nSPS) is 11.9. The monoisotopic (exact) mass is 389 g/mol. The first-order chi connectivity index (χ1) is 13.7. The summed E-state index contributed by atoms with van der Waals surface area (Å²) in [5, 5.41) is 5.82. The summed E-state index contributed by atoms with van der Waals surface area (Å²) in [6, 6.07) is 15.2. The van der Waals surface area contributed by atoms with Crippen LogP contribution < -0.4 is 5.32 Å². The largest absolute Gasteiger partial charge is 0.342 e. The topological polar surface area (TPSA) is 72.7 Å². The van der Waals surface area contributed by atoms with E-state index >= 15 is 0 Å². The van der Waals surface area contributed by atoms with E-state index in [0.29, 0.717) is 0 Å². The molecule has 0 unspecified atom stereocenters. The van der Waals surface area contributed by atoms with E-state index in [-0.39, 0.29) is 18.4 Å². The van der Waals surface area contributed by atoms with Gasteiger partial charge in [0.1, 0.15) is 16.9 Å². The molecule has 0 spiro atoms. The number of pyridine rings is 1. The fraction of sp³-hybridized carbons (Fsp3) is 0.143. The molecular weight excluding hydrogens is 370 g/mol. The van der Waals surface area contributed by atoms with E-state index in [1.54, 1.807) is 12.4 Å². The molecule has 1 N–H and O–H groups in total. The van der Waals surface area contributed by atoms with Crippen molar-refractivity contribution in [3.05, 3.63) is 89.6 Å². The minimum Gasteiger partial charge on any atom is -0.342 e. The van der Waals surface area contributed by atoms with E-state index < -0.39 is 0 Å². The number of carbonyl (C=O) groups excluding carboxylic acids is 1. The molecule has 0 aliphatic carbocycles.